The summed E-state index contributed by atoms with van der Waals surface area (Å²) >= 11 is 0. The zero-order valence-corrected chi connectivity index (χ0v) is 10.4. The molecule has 16 heavy (non-hydrogen) atoms. The molecular formula is C14H25NO. The van der Waals surface area contributed by atoms with Gasteiger partial charge >= 0.3 is 0 Å². The molecule has 0 aromatic carbocycles. The van der Waals surface area contributed by atoms with Crippen molar-refractivity contribution in [1.82, 2.24) is 4.90 Å². The topological polar surface area (TPSA) is 12.5 Å². The minimum absolute atomic E-state index is 0.896. The maximum atomic E-state index is 5.46. The largest absolute Gasteiger partial charge is 0.381 e. The molecule has 0 bridgehead atoms. The zero-order chi connectivity index (χ0) is 10.8. The van der Waals surface area contributed by atoms with Crippen LogP contribution in [0.15, 0.2) is 0 Å². The number of nitrogens with zero attached hydrogens (tertiary/aromatic N) is 1. The van der Waals surface area contributed by atoms with Crippen LogP contribution >= 0.6 is 0 Å². The van der Waals surface area contributed by atoms with Gasteiger partial charge in [-0.15, -0.1) is 0 Å². The van der Waals surface area contributed by atoms with Crippen LogP contribution in [0.5, 0.6) is 0 Å². The summed E-state index contributed by atoms with van der Waals surface area (Å²) in [5.41, 5.74) is 0. The molecule has 0 spiro atoms. The van der Waals surface area contributed by atoms with Gasteiger partial charge in [0.15, 0.2) is 0 Å². The predicted molar refractivity (Wildman–Crippen MR) is 65.5 cm³/mol. The third-order valence-corrected chi connectivity index (χ3v) is 4.81. The van der Waals surface area contributed by atoms with E-state index >= 15 is 0 Å². The standard InChI is InChI=1S/C14H25NO/c1-2-5-15(6-3-1)14-9-13(10-14)8-12-4-7-16-11-12/h12-14H,1-11H2. The predicted octanol–water partition coefficient (Wildman–Crippen LogP) is 2.68. The Hall–Kier alpha value is -0.0800. The Morgan fingerprint density at radius 1 is 1.00 bits per heavy atom. The first-order valence-corrected chi connectivity index (χ1v) is 7.23. The zero-order valence-electron chi connectivity index (χ0n) is 10.4. The molecule has 1 aliphatic carbocycles. The highest BCUT2D eigenvalue weighted by atomic mass is 16.5. The van der Waals surface area contributed by atoms with E-state index in [1.807, 2.05) is 0 Å². The quantitative estimate of drug-likeness (QED) is 0.729. The van der Waals surface area contributed by atoms with Crippen LogP contribution in [0.1, 0.15) is 44.9 Å². The summed E-state index contributed by atoms with van der Waals surface area (Å²) in [5, 5.41) is 0. The van der Waals surface area contributed by atoms with Crippen LogP contribution in [0, 0.1) is 11.8 Å². The number of ether oxygens (including phenoxy) is 1. The Morgan fingerprint density at radius 3 is 2.50 bits per heavy atom. The van der Waals surface area contributed by atoms with Crippen LogP contribution in [-0.2, 0) is 4.74 Å². The Bertz CT molecular complexity index is 213. The Balaban J connectivity index is 1.37. The highest BCUT2D eigenvalue weighted by molar-refractivity contribution is 4.89. The lowest BCUT2D eigenvalue weighted by Crippen LogP contribution is -2.47. The molecule has 0 N–H and O–H groups in total. The second-order valence-electron chi connectivity index (χ2n) is 6.05. The maximum Gasteiger partial charge on any atom is 0.0495 e. The van der Waals surface area contributed by atoms with E-state index in [1.165, 1.54) is 58.0 Å². The molecule has 0 amide bonds. The molecule has 92 valence electrons. The molecule has 0 radical (unpaired) electrons. The summed E-state index contributed by atoms with van der Waals surface area (Å²) in [7, 11) is 0. The molecule has 3 rings (SSSR count). The van der Waals surface area contributed by atoms with E-state index < -0.39 is 0 Å². The molecule has 0 aromatic heterocycles. The molecule has 3 fully saturated rings. The number of piperidine rings is 1. The second-order valence-corrected chi connectivity index (χ2v) is 6.05. The van der Waals surface area contributed by atoms with Crippen molar-refractivity contribution in [2.24, 2.45) is 11.8 Å². The fourth-order valence-electron chi connectivity index (χ4n) is 3.72. The van der Waals surface area contributed by atoms with Gasteiger partial charge in [0.25, 0.3) is 0 Å². The van der Waals surface area contributed by atoms with Crippen molar-refractivity contribution >= 4 is 0 Å². The van der Waals surface area contributed by atoms with E-state index in [9.17, 15) is 0 Å². The molecule has 3 aliphatic rings. The minimum Gasteiger partial charge on any atom is -0.381 e. The van der Waals surface area contributed by atoms with Gasteiger partial charge in [0, 0.05) is 19.3 Å². The molecule has 2 heteroatoms. The highest BCUT2D eigenvalue weighted by Gasteiger charge is 2.35. The van der Waals surface area contributed by atoms with E-state index in [0.717, 1.165) is 31.1 Å². The van der Waals surface area contributed by atoms with Crippen LogP contribution in [0.2, 0.25) is 0 Å². The average molecular weight is 223 g/mol. The molecule has 1 atom stereocenters. The van der Waals surface area contributed by atoms with Gasteiger partial charge in [-0.25, -0.2) is 0 Å². The van der Waals surface area contributed by atoms with Crippen molar-refractivity contribution in [2.75, 3.05) is 26.3 Å². The fourth-order valence-corrected chi connectivity index (χ4v) is 3.72. The van der Waals surface area contributed by atoms with Gasteiger partial charge in [-0.2, -0.15) is 0 Å². The monoisotopic (exact) mass is 223 g/mol. The molecule has 0 aromatic rings. The summed E-state index contributed by atoms with van der Waals surface area (Å²) in [5.74, 6) is 1.92. The van der Waals surface area contributed by atoms with Crippen molar-refractivity contribution in [3.05, 3.63) is 0 Å². The smallest absolute Gasteiger partial charge is 0.0495 e. The lowest BCUT2D eigenvalue weighted by Gasteiger charge is -2.45. The van der Waals surface area contributed by atoms with Gasteiger partial charge in [0.1, 0.15) is 0 Å². The lowest BCUT2D eigenvalue weighted by atomic mass is 9.74. The number of likely N-dealkylation sites (tertiary alicyclic amines) is 1. The second kappa shape index (κ2) is 5.05. The van der Waals surface area contributed by atoms with E-state index in [-0.39, 0.29) is 0 Å². The van der Waals surface area contributed by atoms with Crippen LogP contribution in [0.4, 0.5) is 0 Å². The van der Waals surface area contributed by atoms with Gasteiger partial charge in [-0.3, -0.25) is 0 Å². The van der Waals surface area contributed by atoms with Crippen LogP contribution in [0.25, 0.3) is 0 Å². The maximum absolute atomic E-state index is 5.46. The van der Waals surface area contributed by atoms with Crippen molar-refractivity contribution in [3.8, 4) is 0 Å². The summed E-state index contributed by atoms with van der Waals surface area (Å²) < 4.78 is 5.46. The van der Waals surface area contributed by atoms with Gasteiger partial charge in [0.2, 0.25) is 0 Å². The van der Waals surface area contributed by atoms with Crippen molar-refractivity contribution in [2.45, 2.75) is 51.0 Å². The third-order valence-electron chi connectivity index (χ3n) is 4.81. The molecule has 2 heterocycles. The van der Waals surface area contributed by atoms with E-state index in [2.05, 4.69) is 4.90 Å². The van der Waals surface area contributed by atoms with E-state index in [0.29, 0.717) is 0 Å². The van der Waals surface area contributed by atoms with Gasteiger partial charge in [0.05, 0.1) is 0 Å². The SMILES string of the molecule is C1CCN(C2CC(CC3CCOC3)C2)CC1. The molecule has 1 unspecified atom stereocenters. The molecule has 1 saturated carbocycles. The minimum atomic E-state index is 0.896. The number of rotatable bonds is 3. The summed E-state index contributed by atoms with van der Waals surface area (Å²) in [6.07, 6.45) is 10.1. The van der Waals surface area contributed by atoms with Gasteiger partial charge in [-0.05, 0) is 63.5 Å². The fraction of sp³-hybridized carbons (Fsp3) is 1.00. The molecular weight excluding hydrogens is 198 g/mol. The average Bonchev–Trinajstić information content (AvgIpc) is 2.77. The van der Waals surface area contributed by atoms with Crippen molar-refractivity contribution in [1.29, 1.82) is 0 Å². The lowest BCUT2D eigenvalue weighted by molar-refractivity contribution is 0.0500. The Labute approximate surface area is 99.3 Å². The van der Waals surface area contributed by atoms with Crippen LogP contribution < -0.4 is 0 Å². The normalized spacial score (nSPS) is 40.9. The summed E-state index contributed by atoms with van der Waals surface area (Å²) in [6, 6.07) is 0.952. The highest BCUT2D eigenvalue weighted by Crippen LogP contribution is 2.38. The van der Waals surface area contributed by atoms with E-state index in [4.69, 9.17) is 4.74 Å². The Kier molecular flexibility index (Phi) is 3.49. The van der Waals surface area contributed by atoms with Crippen LogP contribution in [-0.4, -0.2) is 37.2 Å². The first-order valence-electron chi connectivity index (χ1n) is 7.23. The van der Waals surface area contributed by atoms with E-state index in [1.54, 1.807) is 0 Å². The first-order chi connectivity index (χ1) is 7.92. The Morgan fingerprint density at radius 2 is 1.81 bits per heavy atom. The summed E-state index contributed by atoms with van der Waals surface area (Å²) in [4.78, 5) is 2.76. The number of hydrogen-bond acceptors (Lipinski definition) is 2. The third kappa shape index (κ3) is 2.43. The molecule has 2 aliphatic heterocycles. The van der Waals surface area contributed by atoms with Crippen molar-refractivity contribution in [3.63, 3.8) is 0 Å². The first kappa shape index (κ1) is 11.0. The van der Waals surface area contributed by atoms with Crippen LogP contribution in [0.3, 0.4) is 0 Å². The summed E-state index contributed by atoms with van der Waals surface area (Å²) in [6.45, 7) is 4.83. The molecule has 2 saturated heterocycles. The molecule has 2 nitrogen and oxygen atoms in total. The van der Waals surface area contributed by atoms with Gasteiger partial charge in [-0.1, -0.05) is 6.42 Å². The number of hydrogen-bond donors (Lipinski definition) is 0. The van der Waals surface area contributed by atoms with Crippen molar-refractivity contribution < 1.29 is 4.74 Å². The van der Waals surface area contributed by atoms with Gasteiger partial charge < -0.3 is 9.64 Å².